The summed E-state index contributed by atoms with van der Waals surface area (Å²) in [6, 6.07) is 8.56. The summed E-state index contributed by atoms with van der Waals surface area (Å²) in [6.45, 7) is 7.46. The molecule has 3 aromatic rings. The number of anilines is 1. The van der Waals surface area contributed by atoms with E-state index in [2.05, 4.69) is 39.5 Å². The highest BCUT2D eigenvalue weighted by Gasteiger charge is 2.34. The molecule has 0 amide bonds. The van der Waals surface area contributed by atoms with Crippen molar-refractivity contribution in [2.45, 2.75) is 31.6 Å². The molecule has 1 aliphatic heterocycles. The van der Waals surface area contributed by atoms with Crippen molar-refractivity contribution in [3.8, 4) is 11.1 Å². The standard InChI is InChI=1S/C24H27F3N6S/c1-3-20(16-10-12-32(14-16)21(34)13-15(2)28)29-23-30-22-18(8-6-11-33(22)31-23)17-7-4-5-9-19(17)24(25,26)27/h3-9,11,13,15-16,20,34H,1,10,12,14,28H2,2H3,(H,29,31)/b21-13-. The van der Waals surface area contributed by atoms with Gasteiger partial charge in [0.2, 0.25) is 5.95 Å². The molecule has 0 radical (unpaired) electrons. The number of aromatic nitrogens is 3. The van der Waals surface area contributed by atoms with Crippen molar-refractivity contribution in [1.29, 1.82) is 0 Å². The molecule has 3 N–H and O–H groups in total. The molecule has 1 aliphatic rings. The van der Waals surface area contributed by atoms with Gasteiger partial charge in [0.05, 0.1) is 16.6 Å². The number of alkyl halides is 3. The van der Waals surface area contributed by atoms with Crippen LogP contribution in [0.5, 0.6) is 0 Å². The molecule has 2 aromatic heterocycles. The van der Waals surface area contributed by atoms with Crippen molar-refractivity contribution in [2.24, 2.45) is 11.7 Å². The van der Waals surface area contributed by atoms with E-state index in [0.29, 0.717) is 17.2 Å². The monoisotopic (exact) mass is 488 g/mol. The lowest BCUT2D eigenvalue weighted by atomic mass is 9.99. The topological polar surface area (TPSA) is 71.5 Å². The molecule has 34 heavy (non-hydrogen) atoms. The Balaban J connectivity index is 1.60. The minimum Gasteiger partial charge on any atom is -0.366 e. The lowest BCUT2D eigenvalue weighted by Gasteiger charge is -2.23. The Bertz CT molecular complexity index is 1200. The van der Waals surface area contributed by atoms with Crippen LogP contribution in [0.1, 0.15) is 18.9 Å². The Morgan fingerprint density at radius 2 is 2.00 bits per heavy atom. The summed E-state index contributed by atoms with van der Waals surface area (Å²) >= 11 is 4.56. The molecule has 10 heteroatoms. The van der Waals surface area contributed by atoms with Gasteiger partial charge >= 0.3 is 6.18 Å². The predicted octanol–water partition coefficient (Wildman–Crippen LogP) is 4.82. The maximum absolute atomic E-state index is 13.6. The van der Waals surface area contributed by atoms with E-state index in [1.807, 2.05) is 19.1 Å². The molecule has 6 nitrogen and oxygen atoms in total. The molecule has 0 saturated carbocycles. The zero-order valence-corrected chi connectivity index (χ0v) is 19.6. The van der Waals surface area contributed by atoms with Crippen LogP contribution in [-0.4, -0.2) is 44.7 Å². The van der Waals surface area contributed by atoms with Crippen molar-refractivity contribution >= 4 is 24.2 Å². The fourth-order valence-corrected chi connectivity index (χ4v) is 4.71. The van der Waals surface area contributed by atoms with Gasteiger partial charge in [-0.3, -0.25) is 0 Å². The molecule has 1 fully saturated rings. The highest BCUT2D eigenvalue weighted by molar-refractivity contribution is 7.84. The highest BCUT2D eigenvalue weighted by atomic mass is 32.1. The Hall–Kier alpha value is -2.98. The van der Waals surface area contributed by atoms with E-state index >= 15 is 0 Å². The average molecular weight is 489 g/mol. The van der Waals surface area contributed by atoms with Gasteiger partial charge in [0.25, 0.3) is 0 Å². The summed E-state index contributed by atoms with van der Waals surface area (Å²) in [5.41, 5.74) is 5.90. The third-order valence-electron chi connectivity index (χ3n) is 5.90. The van der Waals surface area contributed by atoms with E-state index in [9.17, 15) is 13.2 Å². The fourth-order valence-electron chi connectivity index (χ4n) is 4.29. The van der Waals surface area contributed by atoms with E-state index in [4.69, 9.17) is 5.73 Å². The van der Waals surface area contributed by atoms with Crippen LogP contribution in [-0.2, 0) is 6.18 Å². The van der Waals surface area contributed by atoms with Gasteiger partial charge in [0.15, 0.2) is 5.65 Å². The minimum atomic E-state index is -4.48. The quantitative estimate of drug-likeness (QED) is 0.329. The second-order valence-electron chi connectivity index (χ2n) is 8.45. The third kappa shape index (κ3) is 5.07. The number of nitrogens with two attached hydrogens (primary N) is 1. The van der Waals surface area contributed by atoms with Crippen LogP contribution < -0.4 is 11.1 Å². The van der Waals surface area contributed by atoms with Crippen LogP contribution in [0.15, 0.2) is 66.4 Å². The first kappa shape index (κ1) is 24.2. The number of thiol groups is 1. The van der Waals surface area contributed by atoms with E-state index in [-0.39, 0.29) is 23.6 Å². The molecule has 3 heterocycles. The summed E-state index contributed by atoms with van der Waals surface area (Å²) < 4.78 is 42.3. The Labute approximate surface area is 201 Å². The average Bonchev–Trinajstić information content (AvgIpc) is 3.43. The van der Waals surface area contributed by atoms with Gasteiger partial charge in [-0.05, 0) is 43.2 Å². The lowest BCUT2D eigenvalue weighted by molar-refractivity contribution is -0.137. The van der Waals surface area contributed by atoms with Gasteiger partial charge in [0.1, 0.15) is 0 Å². The Kier molecular flexibility index (Phi) is 6.90. The maximum Gasteiger partial charge on any atom is 0.417 e. The number of nitrogens with zero attached hydrogens (tertiary/aromatic N) is 4. The molecular formula is C24H27F3N6S. The molecular weight excluding hydrogens is 461 g/mol. The highest BCUT2D eigenvalue weighted by Crippen LogP contribution is 2.38. The van der Waals surface area contributed by atoms with Gasteiger partial charge in [-0.15, -0.1) is 24.3 Å². The number of benzene rings is 1. The normalized spacial score (nSPS) is 18.8. The van der Waals surface area contributed by atoms with E-state index in [0.717, 1.165) is 30.6 Å². The summed E-state index contributed by atoms with van der Waals surface area (Å²) in [7, 11) is 0. The van der Waals surface area contributed by atoms with Crippen LogP contribution in [0, 0.1) is 5.92 Å². The molecule has 1 saturated heterocycles. The van der Waals surface area contributed by atoms with Gasteiger partial charge in [0, 0.05) is 36.8 Å². The van der Waals surface area contributed by atoms with Crippen LogP contribution in [0.25, 0.3) is 16.8 Å². The number of nitrogens with one attached hydrogen (secondary N) is 1. The maximum atomic E-state index is 13.6. The number of halogens is 3. The van der Waals surface area contributed by atoms with Crippen LogP contribution in [0.4, 0.5) is 19.1 Å². The third-order valence-corrected chi connectivity index (χ3v) is 6.34. The zero-order valence-electron chi connectivity index (χ0n) is 18.7. The molecule has 0 aliphatic carbocycles. The fraction of sp³-hybridized carbons (Fsp3) is 0.333. The predicted molar refractivity (Wildman–Crippen MR) is 131 cm³/mol. The molecule has 1 aromatic carbocycles. The minimum absolute atomic E-state index is 0.0634. The van der Waals surface area contributed by atoms with Gasteiger partial charge < -0.3 is 16.0 Å². The van der Waals surface area contributed by atoms with Crippen molar-refractivity contribution in [3.63, 3.8) is 0 Å². The zero-order chi connectivity index (χ0) is 24.5. The SMILES string of the molecule is C=CC(Nc1nc2c(-c3ccccc3C(F)(F)F)cccn2n1)C1CCN(/C(S)=C/C(C)N)C1. The smallest absolute Gasteiger partial charge is 0.366 e. The Morgan fingerprint density at radius 1 is 1.26 bits per heavy atom. The van der Waals surface area contributed by atoms with E-state index in [1.165, 1.54) is 16.6 Å². The largest absolute Gasteiger partial charge is 0.417 e. The first-order valence-electron chi connectivity index (χ1n) is 11.0. The number of pyridine rings is 1. The first-order chi connectivity index (χ1) is 16.2. The number of hydrogen-bond acceptors (Lipinski definition) is 6. The second kappa shape index (κ2) is 9.71. The molecule has 0 bridgehead atoms. The summed E-state index contributed by atoms with van der Waals surface area (Å²) in [5.74, 6) is 0.565. The number of rotatable bonds is 7. The van der Waals surface area contributed by atoms with Crippen molar-refractivity contribution in [3.05, 3.63) is 71.9 Å². The molecule has 3 unspecified atom stereocenters. The molecule has 4 rings (SSSR count). The van der Waals surface area contributed by atoms with E-state index < -0.39 is 11.7 Å². The number of hydrogen-bond donors (Lipinski definition) is 3. The van der Waals surface area contributed by atoms with Crippen LogP contribution >= 0.6 is 12.6 Å². The summed E-state index contributed by atoms with van der Waals surface area (Å²) in [5, 5.41) is 8.60. The first-order valence-corrected chi connectivity index (χ1v) is 11.4. The summed E-state index contributed by atoms with van der Waals surface area (Å²) in [6.07, 6.45) is 1.82. The summed E-state index contributed by atoms with van der Waals surface area (Å²) in [4.78, 5) is 6.70. The second-order valence-corrected chi connectivity index (χ2v) is 8.91. The molecule has 0 spiro atoms. The molecule has 180 valence electrons. The van der Waals surface area contributed by atoms with Gasteiger partial charge in [-0.2, -0.15) is 18.2 Å². The van der Waals surface area contributed by atoms with Gasteiger partial charge in [-0.1, -0.05) is 24.3 Å². The number of fused-ring (bicyclic) bond motifs is 1. The van der Waals surface area contributed by atoms with Crippen molar-refractivity contribution in [2.75, 3.05) is 18.4 Å². The number of likely N-dealkylation sites (tertiary alicyclic amines) is 1. The van der Waals surface area contributed by atoms with E-state index in [1.54, 1.807) is 24.4 Å². The Morgan fingerprint density at radius 3 is 2.71 bits per heavy atom. The van der Waals surface area contributed by atoms with Crippen molar-refractivity contribution in [1.82, 2.24) is 19.5 Å². The van der Waals surface area contributed by atoms with Crippen LogP contribution in [0.3, 0.4) is 0 Å². The van der Waals surface area contributed by atoms with Crippen molar-refractivity contribution < 1.29 is 13.2 Å². The molecule has 3 atom stereocenters. The van der Waals surface area contributed by atoms with Crippen LogP contribution in [0.2, 0.25) is 0 Å². The van der Waals surface area contributed by atoms with Gasteiger partial charge in [-0.25, -0.2) is 4.52 Å². The lowest BCUT2D eigenvalue weighted by Crippen LogP contribution is -2.30.